The molecular weight excluding hydrogens is 391 g/mol. The van der Waals surface area contributed by atoms with Gasteiger partial charge in [-0.3, -0.25) is 15.6 Å². The van der Waals surface area contributed by atoms with Gasteiger partial charge in [-0.1, -0.05) is 12.1 Å². The lowest BCUT2D eigenvalue weighted by Gasteiger charge is -2.17. The number of carbonyl (C=O) groups is 2. The number of hydrazine groups is 1. The molecule has 1 amide bonds. The fourth-order valence-corrected chi connectivity index (χ4v) is 2.50. The van der Waals surface area contributed by atoms with Gasteiger partial charge in [0.25, 0.3) is 0 Å². The number of anilines is 1. The molecule has 2 aromatic rings. The van der Waals surface area contributed by atoms with Crippen LogP contribution >= 0.6 is 0 Å². The molecule has 0 aliphatic rings. The van der Waals surface area contributed by atoms with Gasteiger partial charge in [0.15, 0.2) is 5.82 Å². The van der Waals surface area contributed by atoms with E-state index in [4.69, 9.17) is 9.47 Å². The largest absolute Gasteiger partial charge is 0.497 e. The molecule has 0 spiro atoms. The molecule has 0 fully saturated rings. The summed E-state index contributed by atoms with van der Waals surface area (Å²) < 4.78 is 49.9. The van der Waals surface area contributed by atoms with E-state index < -0.39 is 35.0 Å². The zero-order valence-electron chi connectivity index (χ0n) is 16.0. The Bertz CT molecular complexity index is 884. The Hall–Kier alpha value is -3.30. The van der Waals surface area contributed by atoms with Crippen molar-refractivity contribution in [3.8, 4) is 5.75 Å². The molecule has 0 atom stereocenters. The second-order valence-corrected chi connectivity index (χ2v) is 5.95. The Kier molecular flexibility index (Phi) is 7.03. The molecule has 0 aliphatic carbocycles. The Morgan fingerprint density at radius 2 is 1.83 bits per heavy atom. The summed E-state index contributed by atoms with van der Waals surface area (Å²) in [5.74, 6) is -1.56. The number of hydrogen-bond donors (Lipinski definition) is 2. The molecule has 10 heteroatoms. The van der Waals surface area contributed by atoms with Gasteiger partial charge in [-0.25, -0.2) is 9.78 Å². The maximum atomic E-state index is 13.4. The van der Waals surface area contributed by atoms with Crippen molar-refractivity contribution < 1.29 is 32.2 Å². The zero-order valence-corrected chi connectivity index (χ0v) is 16.0. The third kappa shape index (κ3) is 5.84. The molecule has 1 aromatic heterocycles. The topological polar surface area (TPSA) is 89.5 Å². The average molecular weight is 411 g/mol. The van der Waals surface area contributed by atoms with E-state index in [1.807, 2.05) is 0 Å². The lowest BCUT2D eigenvalue weighted by atomic mass is 10.1. The number of methoxy groups -OCH3 is 1. The third-order valence-corrected chi connectivity index (χ3v) is 3.78. The maximum absolute atomic E-state index is 13.4. The van der Waals surface area contributed by atoms with Crippen molar-refractivity contribution in [2.24, 2.45) is 0 Å². The Morgan fingerprint density at radius 1 is 1.17 bits per heavy atom. The summed E-state index contributed by atoms with van der Waals surface area (Å²) in [4.78, 5) is 28.2. The van der Waals surface area contributed by atoms with Crippen molar-refractivity contribution in [3.63, 3.8) is 0 Å². The monoisotopic (exact) mass is 411 g/mol. The highest BCUT2D eigenvalue weighted by Crippen LogP contribution is 2.35. The van der Waals surface area contributed by atoms with Gasteiger partial charge in [0.1, 0.15) is 11.3 Å². The van der Waals surface area contributed by atoms with Crippen LogP contribution in [-0.2, 0) is 22.1 Å². The van der Waals surface area contributed by atoms with Crippen LogP contribution in [0.4, 0.5) is 19.0 Å². The highest BCUT2D eigenvalue weighted by atomic mass is 19.4. The molecule has 156 valence electrons. The minimum absolute atomic E-state index is 0.0114. The quantitative estimate of drug-likeness (QED) is 0.537. The van der Waals surface area contributed by atoms with Gasteiger partial charge < -0.3 is 9.47 Å². The number of aryl methyl sites for hydroxylation is 1. The minimum Gasteiger partial charge on any atom is -0.497 e. The zero-order chi connectivity index (χ0) is 21.6. The van der Waals surface area contributed by atoms with Gasteiger partial charge in [0.05, 0.1) is 25.7 Å². The average Bonchev–Trinajstić information content (AvgIpc) is 2.66. The Labute approximate surface area is 165 Å². The highest BCUT2D eigenvalue weighted by Gasteiger charge is 2.38. The normalized spacial score (nSPS) is 11.0. The SMILES string of the molecule is CCOC(=O)c1c(C(F)(F)F)cc(C)nc1NNC(=O)Cc1ccc(OC)cc1. The van der Waals surface area contributed by atoms with Crippen molar-refractivity contribution in [1.82, 2.24) is 10.4 Å². The van der Waals surface area contributed by atoms with Crippen LogP contribution in [0.5, 0.6) is 5.75 Å². The smallest absolute Gasteiger partial charge is 0.417 e. The van der Waals surface area contributed by atoms with Crippen LogP contribution in [0.3, 0.4) is 0 Å². The van der Waals surface area contributed by atoms with E-state index in [0.717, 1.165) is 6.07 Å². The lowest BCUT2D eigenvalue weighted by Crippen LogP contribution is -2.33. The first kappa shape index (κ1) is 22.0. The van der Waals surface area contributed by atoms with Crippen LogP contribution in [0, 0.1) is 6.92 Å². The van der Waals surface area contributed by atoms with E-state index in [1.54, 1.807) is 24.3 Å². The van der Waals surface area contributed by atoms with Gasteiger partial charge in [-0.2, -0.15) is 13.2 Å². The minimum atomic E-state index is -4.81. The number of hydrogen-bond acceptors (Lipinski definition) is 6. The first-order valence-electron chi connectivity index (χ1n) is 8.59. The van der Waals surface area contributed by atoms with E-state index >= 15 is 0 Å². The highest BCUT2D eigenvalue weighted by molar-refractivity contribution is 5.97. The van der Waals surface area contributed by atoms with Crippen molar-refractivity contribution in [2.45, 2.75) is 26.4 Å². The molecular formula is C19H20F3N3O4. The van der Waals surface area contributed by atoms with Crippen LogP contribution in [0.1, 0.15) is 34.1 Å². The van der Waals surface area contributed by atoms with Gasteiger partial charge in [0.2, 0.25) is 5.91 Å². The van der Waals surface area contributed by atoms with Crippen LogP contribution in [-0.4, -0.2) is 30.6 Å². The van der Waals surface area contributed by atoms with Crippen LogP contribution < -0.4 is 15.6 Å². The number of ether oxygens (including phenoxy) is 2. The van der Waals surface area contributed by atoms with Crippen molar-refractivity contribution in [2.75, 3.05) is 19.1 Å². The number of nitrogens with one attached hydrogen (secondary N) is 2. The number of alkyl halides is 3. The molecule has 0 bridgehead atoms. The van der Waals surface area contributed by atoms with Crippen LogP contribution in [0.2, 0.25) is 0 Å². The number of esters is 1. The molecule has 0 saturated heterocycles. The summed E-state index contributed by atoms with van der Waals surface area (Å²) in [6.45, 7) is 2.69. The molecule has 7 nitrogen and oxygen atoms in total. The molecule has 29 heavy (non-hydrogen) atoms. The summed E-state index contributed by atoms with van der Waals surface area (Å²) in [6.07, 6.45) is -4.86. The molecule has 0 aliphatic heterocycles. The predicted octanol–water partition coefficient (Wildman–Crippen LogP) is 3.28. The van der Waals surface area contributed by atoms with E-state index in [-0.39, 0.29) is 18.7 Å². The standard InChI is InChI=1S/C19H20F3N3O4/c1-4-29-18(27)16-14(19(20,21)22)9-11(2)23-17(16)25-24-15(26)10-12-5-7-13(28-3)8-6-12/h5-9H,4,10H2,1-3H3,(H,23,25)(H,24,26). The van der Waals surface area contributed by atoms with Gasteiger partial charge >= 0.3 is 12.1 Å². The van der Waals surface area contributed by atoms with Crippen molar-refractivity contribution in [3.05, 3.63) is 52.7 Å². The number of aromatic nitrogens is 1. The summed E-state index contributed by atoms with van der Waals surface area (Å²) in [5, 5.41) is 0. The number of pyridine rings is 1. The summed E-state index contributed by atoms with van der Waals surface area (Å²) >= 11 is 0. The second kappa shape index (κ2) is 9.26. The maximum Gasteiger partial charge on any atom is 0.417 e. The number of amides is 1. The van der Waals surface area contributed by atoms with E-state index in [1.165, 1.54) is 21.0 Å². The molecule has 0 saturated carbocycles. The molecule has 1 heterocycles. The fourth-order valence-electron chi connectivity index (χ4n) is 2.50. The van der Waals surface area contributed by atoms with Gasteiger partial charge in [-0.15, -0.1) is 0 Å². The molecule has 0 unspecified atom stereocenters. The molecule has 1 aromatic carbocycles. The van der Waals surface area contributed by atoms with Crippen LogP contribution in [0.15, 0.2) is 30.3 Å². The van der Waals surface area contributed by atoms with Crippen molar-refractivity contribution in [1.29, 1.82) is 0 Å². The molecule has 2 N–H and O–H groups in total. The number of benzene rings is 1. The first-order chi connectivity index (χ1) is 13.7. The summed E-state index contributed by atoms with van der Waals surface area (Å²) in [6, 6.07) is 7.44. The fraction of sp³-hybridized carbons (Fsp3) is 0.316. The van der Waals surface area contributed by atoms with E-state index in [0.29, 0.717) is 11.3 Å². The number of carbonyl (C=O) groups excluding carboxylic acids is 2. The van der Waals surface area contributed by atoms with E-state index in [9.17, 15) is 22.8 Å². The van der Waals surface area contributed by atoms with E-state index in [2.05, 4.69) is 15.8 Å². The van der Waals surface area contributed by atoms with Gasteiger partial charge in [0, 0.05) is 5.69 Å². The number of nitrogens with zero attached hydrogens (tertiary/aromatic N) is 1. The van der Waals surface area contributed by atoms with Crippen molar-refractivity contribution >= 4 is 17.7 Å². The van der Waals surface area contributed by atoms with Crippen LogP contribution in [0.25, 0.3) is 0 Å². The predicted molar refractivity (Wildman–Crippen MR) is 98.4 cm³/mol. The number of halogens is 3. The summed E-state index contributed by atoms with van der Waals surface area (Å²) in [7, 11) is 1.51. The third-order valence-electron chi connectivity index (χ3n) is 3.78. The molecule has 2 rings (SSSR count). The Morgan fingerprint density at radius 3 is 2.38 bits per heavy atom. The second-order valence-electron chi connectivity index (χ2n) is 5.95. The van der Waals surface area contributed by atoms with Gasteiger partial charge in [-0.05, 0) is 37.6 Å². The number of rotatable bonds is 7. The Balaban J connectivity index is 2.23. The summed E-state index contributed by atoms with van der Waals surface area (Å²) in [5.41, 5.74) is 3.25. The molecule has 0 radical (unpaired) electrons. The lowest BCUT2D eigenvalue weighted by molar-refractivity contribution is -0.138. The first-order valence-corrected chi connectivity index (χ1v) is 8.59.